The molecule has 2 heterocycles. The van der Waals surface area contributed by atoms with E-state index in [4.69, 9.17) is 16.3 Å². The van der Waals surface area contributed by atoms with Crippen molar-refractivity contribution in [1.29, 1.82) is 0 Å². The molecule has 0 aliphatic heterocycles. The summed E-state index contributed by atoms with van der Waals surface area (Å²) < 4.78 is 8.06. The fourth-order valence-corrected chi connectivity index (χ4v) is 3.32. The van der Waals surface area contributed by atoms with Crippen molar-refractivity contribution >= 4 is 34.9 Å². The van der Waals surface area contributed by atoms with Crippen LogP contribution in [0.3, 0.4) is 0 Å². The SMILES string of the molecule is COc1ccc(/C=N\Nc2nc3c(c(=O)[nH]c(=O)n3C)n2Cc2ccccc2Cl)cc1. The Labute approximate surface area is 181 Å². The topological polar surface area (TPSA) is 106 Å². The van der Waals surface area contributed by atoms with E-state index < -0.39 is 11.2 Å². The molecule has 2 aromatic heterocycles. The largest absolute Gasteiger partial charge is 0.497 e. The van der Waals surface area contributed by atoms with Gasteiger partial charge >= 0.3 is 5.69 Å². The van der Waals surface area contributed by atoms with Gasteiger partial charge in [0.2, 0.25) is 5.95 Å². The van der Waals surface area contributed by atoms with Crippen LogP contribution in [0, 0.1) is 0 Å². The molecule has 9 nitrogen and oxygen atoms in total. The van der Waals surface area contributed by atoms with Gasteiger partial charge in [-0.1, -0.05) is 29.8 Å². The van der Waals surface area contributed by atoms with E-state index in [1.165, 1.54) is 11.6 Å². The predicted molar refractivity (Wildman–Crippen MR) is 120 cm³/mol. The van der Waals surface area contributed by atoms with Gasteiger partial charge in [-0.25, -0.2) is 10.2 Å². The van der Waals surface area contributed by atoms with Crippen molar-refractivity contribution in [3.8, 4) is 5.75 Å². The van der Waals surface area contributed by atoms with Crippen molar-refractivity contribution < 1.29 is 4.74 Å². The van der Waals surface area contributed by atoms with E-state index >= 15 is 0 Å². The Bertz CT molecular complexity index is 1390. The van der Waals surface area contributed by atoms with E-state index in [0.29, 0.717) is 11.0 Å². The van der Waals surface area contributed by atoms with E-state index in [-0.39, 0.29) is 17.7 Å². The van der Waals surface area contributed by atoms with E-state index in [2.05, 4.69) is 20.5 Å². The molecule has 158 valence electrons. The van der Waals surface area contributed by atoms with E-state index in [0.717, 1.165) is 16.9 Å². The van der Waals surface area contributed by atoms with Crippen molar-refractivity contribution in [2.75, 3.05) is 12.5 Å². The average Bonchev–Trinajstić information content (AvgIpc) is 3.13. The molecule has 2 N–H and O–H groups in total. The molecule has 4 aromatic rings. The first kappa shape index (κ1) is 20.4. The number of hydrazone groups is 1. The first-order valence-corrected chi connectivity index (χ1v) is 9.72. The smallest absolute Gasteiger partial charge is 0.329 e. The normalized spacial score (nSPS) is 11.3. The Morgan fingerprint density at radius 3 is 2.65 bits per heavy atom. The summed E-state index contributed by atoms with van der Waals surface area (Å²) in [7, 11) is 3.14. The zero-order chi connectivity index (χ0) is 22.0. The summed E-state index contributed by atoms with van der Waals surface area (Å²) in [6.45, 7) is 0.262. The third-order valence-electron chi connectivity index (χ3n) is 4.79. The van der Waals surface area contributed by atoms with Gasteiger partial charge < -0.3 is 4.74 Å². The molecule has 10 heteroatoms. The van der Waals surface area contributed by atoms with Crippen LogP contribution in [0.5, 0.6) is 5.75 Å². The van der Waals surface area contributed by atoms with Crippen LogP contribution < -0.4 is 21.4 Å². The molecular formula is C21H19ClN6O3. The first-order chi connectivity index (χ1) is 15.0. The van der Waals surface area contributed by atoms with Gasteiger partial charge in [-0.3, -0.25) is 18.9 Å². The maximum Gasteiger partial charge on any atom is 0.329 e. The second kappa shape index (κ2) is 8.49. The van der Waals surface area contributed by atoms with Crippen LogP contribution in [0.4, 0.5) is 5.95 Å². The van der Waals surface area contributed by atoms with Crippen LogP contribution in [-0.4, -0.2) is 32.4 Å². The van der Waals surface area contributed by atoms with Crippen molar-refractivity contribution in [1.82, 2.24) is 19.1 Å². The Kier molecular flexibility index (Phi) is 5.59. The molecular weight excluding hydrogens is 420 g/mol. The zero-order valence-electron chi connectivity index (χ0n) is 16.8. The number of ether oxygens (including phenoxy) is 1. The molecule has 31 heavy (non-hydrogen) atoms. The maximum atomic E-state index is 12.6. The lowest BCUT2D eigenvalue weighted by atomic mass is 10.2. The number of halogens is 1. The van der Waals surface area contributed by atoms with Crippen LogP contribution in [0.25, 0.3) is 11.2 Å². The van der Waals surface area contributed by atoms with Crippen molar-refractivity contribution in [3.05, 3.63) is 85.5 Å². The summed E-state index contributed by atoms with van der Waals surface area (Å²) in [4.78, 5) is 31.3. The molecule has 0 saturated heterocycles. The third-order valence-corrected chi connectivity index (χ3v) is 5.16. The molecule has 0 fully saturated rings. The molecule has 0 atom stereocenters. The summed E-state index contributed by atoms with van der Waals surface area (Å²) in [6, 6.07) is 14.7. The number of aromatic nitrogens is 4. The zero-order valence-corrected chi connectivity index (χ0v) is 17.6. The number of hydrogen-bond acceptors (Lipinski definition) is 6. The van der Waals surface area contributed by atoms with Crippen molar-refractivity contribution in [3.63, 3.8) is 0 Å². The summed E-state index contributed by atoms with van der Waals surface area (Å²) in [5, 5.41) is 4.79. The van der Waals surface area contributed by atoms with E-state index in [1.54, 1.807) is 24.0 Å². The Morgan fingerprint density at radius 1 is 1.19 bits per heavy atom. The lowest BCUT2D eigenvalue weighted by Gasteiger charge is -2.09. The summed E-state index contributed by atoms with van der Waals surface area (Å²) >= 11 is 6.31. The Hall–Kier alpha value is -3.85. The number of nitrogens with one attached hydrogen (secondary N) is 2. The second-order valence-electron chi connectivity index (χ2n) is 6.75. The highest BCUT2D eigenvalue weighted by atomic mass is 35.5. The summed E-state index contributed by atoms with van der Waals surface area (Å²) in [5.74, 6) is 1.04. The molecule has 0 amide bonds. The van der Waals surface area contributed by atoms with Gasteiger partial charge in [0.05, 0.1) is 19.9 Å². The first-order valence-electron chi connectivity index (χ1n) is 9.34. The average molecular weight is 439 g/mol. The third kappa shape index (κ3) is 4.08. The van der Waals surface area contributed by atoms with Crippen LogP contribution in [-0.2, 0) is 13.6 Å². The van der Waals surface area contributed by atoms with Gasteiger partial charge in [0, 0.05) is 12.1 Å². The fourth-order valence-electron chi connectivity index (χ4n) is 3.13. The van der Waals surface area contributed by atoms with Crippen LogP contribution >= 0.6 is 11.6 Å². The quantitative estimate of drug-likeness (QED) is 0.355. The number of hydrogen-bond donors (Lipinski definition) is 2. The standard InChI is InChI=1S/C21H19ClN6O3/c1-27-18-17(19(29)25-21(27)30)28(12-14-5-3-4-6-16(14)22)20(24-18)26-23-11-13-7-9-15(31-2)10-8-13/h3-11H,12H2,1-2H3,(H,24,26)(H,25,29,30)/b23-11-. The molecule has 0 aliphatic carbocycles. The van der Waals surface area contributed by atoms with E-state index in [9.17, 15) is 9.59 Å². The van der Waals surface area contributed by atoms with Crippen LogP contribution in [0.1, 0.15) is 11.1 Å². The number of rotatable bonds is 6. The highest BCUT2D eigenvalue weighted by Crippen LogP contribution is 2.22. The molecule has 0 radical (unpaired) electrons. The highest BCUT2D eigenvalue weighted by Gasteiger charge is 2.18. The molecule has 0 aliphatic rings. The number of fused-ring (bicyclic) bond motifs is 1. The lowest BCUT2D eigenvalue weighted by Crippen LogP contribution is -2.29. The number of methoxy groups -OCH3 is 1. The number of aromatic amines is 1. The number of anilines is 1. The number of aryl methyl sites for hydroxylation is 1. The number of H-pyrrole nitrogens is 1. The van der Waals surface area contributed by atoms with Gasteiger partial charge in [0.1, 0.15) is 5.75 Å². The summed E-state index contributed by atoms with van der Waals surface area (Å²) in [5.41, 5.74) is 3.90. The molecule has 4 rings (SSSR count). The van der Waals surface area contributed by atoms with Gasteiger partial charge in [0.25, 0.3) is 5.56 Å². The van der Waals surface area contributed by atoms with Crippen molar-refractivity contribution in [2.45, 2.75) is 6.54 Å². The minimum absolute atomic E-state index is 0.239. The number of nitrogens with zero attached hydrogens (tertiary/aromatic N) is 4. The second-order valence-corrected chi connectivity index (χ2v) is 7.15. The minimum Gasteiger partial charge on any atom is -0.497 e. The summed E-state index contributed by atoms with van der Waals surface area (Å²) in [6.07, 6.45) is 1.61. The Balaban J connectivity index is 1.76. The minimum atomic E-state index is -0.548. The molecule has 0 saturated carbocycles. The molecule has 0 unspecified atom stereocenters. The van der Waals surface area contributed by atoms with Crippen LogP contribution in [0.15, 0.2) is 63.2 Å². The number of benzene rings is 2. The van der Waals surface area contributed by atoms with Gasteiger partial charge in [-0.2, -0.15) is 10.1 Å². The van der Waals surface area contributed by atoms with Gasteiger partial charge in [-0.15, -0.1) is 0 Å². The predicted octanol–water partition coefficient (Wildman–Crippen LogP) is 2.58. The number of imidazole rings is 1. The molecule has 0 spiro atoms. The van der Waals surface area contributed by atoms with Crippen LogP contribution in [0.2, 0.25) is 5.02 Å². The van der Waals surface area contributed by atoms with E-state index in [1.807, 2.05) is 42.5 Å². The van der Waals surface area contributed by atoms with Crippen molar-refractivity contribution in [2.24, 2.45) is 12.1 Å². The highest BCUT2D eigenvalue weighted by molar-refractivity contribution is 6.31. The Morgan fingerprint density at radius 2 is 1.94 bits per heavy atom. The van der Waals surface area contributed by atoms with Gasteiger partial charge in [-0.05, 0) is 41.5 Å². The fraction of sp³-hybridized carbons (Fsp3) is 0.143. The maximum absolute atomic E-state index is 12.6. The molecule has 0 bridgehead atoms. The monoisotopic (exact) mass is 438 g/mol. The van der Waals surface area contributed by atoms with Gasteiger partial charge in [0.15, 0.2) is 11.2 Å². The lowest BCUT2D eigenvalue weighted by molar-refractivity contribution is 0.415. The molecule has 2 aromatic carbocycles.